The summed E-state index contributed by atoms with van der Waals surface area (Å²) in [6, 6.07) is 15.5. The number of rotatable bonds is 0. The fraction of sp³-hybridized carbons (Fsp3) is 0.133. The van der Waals surface area contributed by atoms with Crippen molar-refractivity contribution in [1.29, 1.82) is 0 Å². The van der Waals surface area contributed by atoms with Gasteiger partial charge in [0.25, 0.3) is 0 Å². The maximum absolute atomic E-state index is 4.65. The molecule has 0 spiro atoms. The Balaban J connectivity index is 2.04. The molecule has 0 N–H and O–H groups in total. The summed E-state index contributed by atoms with van der Waals surface area (Å²) in [5.41, 5.74) is 6.99. The fourth-order valence-corrected chi connectivity index (χ4v) is 2.87. The molecule has 1 unspecified atom stereocenters. The highest BCUT2D eigenvalue weighted by molar-refractivity contribution is 5.87. The molecule has 0 bridgehead atoms. The molecule has 2 aromatic rings. The van der Waals surface area contributed by atoms with Crippen molar-refractivity contribution in [2.75, 3.05) is 0 Å². The molecule has 2 aliphatic rings. The lowest BCUT2D eigenvalue weighted by molar-refractivity contribution is 0.831. The molecule has 0 saturated carbocycles. The van der Waals surface area contributed by atoms with E-state index >= 15 is 0 Å². The summed E-state index contributed by atoms with van der Waals surface area (Å²) < 4.78 is 0. The SMILES string of the molecule is C1=NC2c3ccccc3Cc3cccc1c32. The van der Waals surface area contributed by atoms with Crippen LogP contribution >= 0.6 is 0 Å². The van der Waals surface area contributed by atoms with E-state index in [4.69, 9.17) is 0 Å². The lowest BCUT2D eigenvalue weighted by Gasteiger charge is -2.23. The summed E-state index contributed by atoms with van der Waals surface area (Å²) >= 11 is 0. The number of fused-ring (bicyclic) bond motifs is 2. The Morgan fingerprint density at radius 2 is 1.81 bits per heavy atom. The predicted octanol–water partition coefficient (Wildman–Crippen LogP) is 3.11. The van der Waals surface area contributed by atoms with Crippen LogP contribution in [-0.2, 0) is 6.42 Å². The third-order valence-corrected chi connectivity index (χ3v) is 3.60. The first-order valence-electron chi connectivity index (χ1n) is 5.66. The number of hydrogen-bond acceptors (Lipinski definition) is 1. The van der Waals surface area contributed by atoms with Crippen molar-refractivity contribution in [3.8, 4) is 0 Å². The summed E-state index contributed by atoms with van der Waals surface area (Å²) in [6.07, 6.45) is 3.07. The Labute approximate surface area is 94.5 Å². The topological polar surface area (TPSA) is 12.4 Å². The molecular formula is C15H11N. The molecule has 0 amide bonds. The Morgan fingerprint density at radius 1 is 0.938 bits per heavy atom. The molecule has 0 fully saturated rings. The van der Waals surface area contributed by atoms with Gasteiger partial charge < -0.3 is 0 Å². The average Bonchev–Trinajstić information content (AvgIpc) is 2.76. The van der Waals surface area contributed by atoms with Crippen LogP contribution in [0.1, 0.15) is 33.9 Å². The first-order valence-corrected chi connectivity index (χ1v) is 5.66. The van der Waals surface area contributed by atoms with Gasteiger partial charge in [-0.2, -0.15) is 0 Å². The Morgan fingerprint density at radius 3 is 2.81 bits per heavy atom. The quantitative estimate of drug-likeness (QED) is 0.626. The van der Waals surface area contributed by atoms with E-state index in [0.717, 1.165) is 6.42 Å². The van der Waals surface area contributed by atoms with E-state index in [0.29, 0.717) is 0 Å². The molecule has 1 heterocycles. The van der Waals surface area contributed by atoms with Gasteiger partial charge in [-0.15, -0.1) is 0 Å². The predicted molar refractivity (Wildman–Crippen MR) is 65.1 cm³/mol. The van der Waals surface area contributed by atoms with E-state index in [1.807, 2.05) is 6.21 Å². The second kappa shape index (κ2) is 2.82. The molecule has 76 valence electrons. The average molecular weight is 205 g/mol. The number of aliphatic imine (C=N–C) groups is 1. The first kappa shape index (κ1) is 8.28. The van der Waals surface area contributed by atoms with Crippen LogP contribution in [0.4, 0.5) is 0 Å². The summed E-state index contributed by atoms with van der Waals surface area (Å²) in [5.74, 6) is 0. The number of nitrogens with zero attached hydrogens (tertiary/aromatic N) is 1. The lowest BCUT2D eigenvalue weighted by atomic mass is 9.82. The van der Waals surface area contributed by atoms with Crippen LogP contribution in [0.5, 0.6) is 0 Å². The van der Waals surface area contributed by atoms with Crippen LogP contribution in [0.2, 0.25) is 0 Å². The van der Waals surface area contributed by atoms with E-state index < -0.39 is 0 Å². The van der Waals surface area contributed by atoms with E-state index in [1.165, 1.54) is 27.8 Å². The van der Waals surface area contributed by atoms with Gasteiger partial charge in [0.15, 0.2) is 0 Å². The molecular weight excluding hydrogens is 194 g/mol. The molecule has 1 atom stereocenters. The van der Waals surface area contributed by atoms with Gasteiger partial charge in [-0.25, -0.2) is 0 Å². The van der Waals surface area contributed by atoms with Gasteiger partial charge in [-0.1, -0.05) is 42.5 Å². The third kappa shape index (κ3) is 0.929. The maximum atomic E-state index is 4.65. The van der Waals surface area contributed by atoms with Gasteiger partial charge >= 0.3 is 0 Å². The highest BCUT2D eigenvalue weighted by atomic mass is 14.8. The van der Waals surface area contributed by atoms with Crippen LogP contribution in [-0.4, -0.2) is 6.21 Å². The summed E-state index contributed by atoms with van der Waals surface area (Å²) in [7, 11) is 0. The third-order valence-electron chi connectivity index (χ3n) is 3.60. The Bertz CT molecular complexity index is 611. The minimum absolute atomic E-state index is 0.260. The minimum Gasteiger partial charge on any atom is -0.280 e. The number of hydrogen-bond donors (Lipinski definition) is 0. The second-order valence-corrected chi connectivity index (χ2v) is 4.48. The minimum atomic E-state index is 0.260. The van der Waals surface area contributed by atoms with Gasteiger partial charge in [0.05, 0.1) is 0 Å². The molecule has 0 radical (unpaired) electrons. The second-order valence-electron chi connectivity index (χ2n) is 4.48. The largest absolute Gasteiger partial charge is 0.280 e. The zero-order valence-electron chi connectivity index (χ0n) is 8.85. The molecule has 4 rings (SSSR count). The molecule has 1 aliphatic heterocycles. The molecule has 0 aromatic heterocycles. The van der Waals surface area contributed by atoms with Crippen LogP contribution < -0.4 is 0 Å². The fourth-order valence-electron chi connectivity index (χ4n) is 2.87. The summed E-state index contributed by atoms with van der Waals surface area (Å²) in [5, 5.41) is 0. The van der Waals surface area contributed by atoms with Crippen LogP contribution in [0.15, 0.2) is 47.5 Å². The number of benzene rings is 2. The smallest absolute Gasteiger partial charge is 0.101 e. The van der Waals surface area contributed by atoms with E-state index in [1.54, 1.807) is 0 Å². The van der Waals surface area contributed by atoms with Gasteiger partial charge in [-0.05, 0) is 34.2 Å². The Hall–Kier alpha value is -1.89. The van der Waals surface area contributed by atoms with Crippen molar-refractivity contribution in [3.63, 3.8) is 0 Å². The molecule has 1 heteroatoms. The normalized spacial score (nSPS) is 19.4. The molecule has 0 saturated heterocycles. The monoisotopic (exact) mass is 205 g/mol. The highest BCUT2D eigenvalue weighted by Crippen LogP contribution is 2.41. The maximum Gasteiger partial charge on any atom is 0.101 e. The van der Waals surface area contributed by atoms with Crippen LogP contribution in [0, 0.1) is 0 Å². The van der Waals surface area contributed by atoms with Crippen LogP contribution in [0.3, 0.4) is 0 Å². The molecule has 16 heavy (non-hydrogen) atoms. The van der Waals surface area contributed by atoms with Gasteiger partial charge in [0.2, 0.25) is 0 Å². The molecule has 2 aromatic carbocycles. The van der Waals surface area contributed by atoms with Crippen LogP contribution in [0.25, 0.3) is 0 Å². The standard InChI is InChI=1S/C15H11N/c1-2-7-13-10(4-1)8-11-5-3-6-12-9-16-15(13)14(11)12/h1-7,9,15H,8H2. The van der Waals surface area contributed by atoms with Gasteiger partial charge in [0.1, 0.15) is 6.04 Å². The highest BCUT2D eigenvalue weighted by Gasteiger charge is 2.29. The van der Waals surface area contributed by atoms with Crippen molar-refractivity contribution < 1.29 is 0 Å². The van der Waals surface area contributed by atoms with Crippen molar-refractivity contribution >= 4 is 6.21 Å². The Kier molecular flexibility index (Phi) is 1.46. The zero-order chi connectivity index (χ0) is 10.5. The van der Waals surface area contributed by atoms with Crippen molar-refractivity contribution in [3.05, 3.63) is 70.3 Å². The van der Waals surface area contributed by atoms with Crippen molar-refractivity contribution in [1.82, 2.24) is 0 Å². The summed E-state index contributed by atoms with van der Waals surface area (Å²) in [4.78, 5) is 4.65. The summed E-state index contributed by atoms with van der Waals surface area (Å²) in [6.45, 7) is 0. The van der Waals surface area contributed by atoms with E-state index in [9.17, 15) is 0 Å². The lowest BCUT2D eigenvalue weighted by Crippen LogP contribution is -2.10. The van der Waals surface area contributed by atoms with Gasteiger partial charge in [0, 0.05) is 6.21 Å². The van der Waals surface area contributed by atoms with Gasteiger partial charge in [-0.3, -0.25) is 4.99 Å². The zero-order valence-corrected chi connectivity index (χ0v) is 8.85. The molecule has 1 aliphatic carbocycles. The van der Waals surface area contributed by atoms with Crippen molar-refractivity contribution in [2.45, 2.75) is 12.5 Å². The molecule has 1 nitrogen and oxygen atoms in total. The van der Waals surface area contributed by atoms with E-state index in [2.05, 4.69) is 47.5 Å². The van der Waals surface area contributed by atoms with Crippen molar-refractivity contribution in [2.24, 2.45) is 4.99 Å². The van der Waals surface area contributed by atoms with E-state index in [-0.39, 0.29) is 6.04 Å². The first-order chi connectivity index (χ1) is 7.93.